The number of anilines is 1. The molecular formula is C33H35N5O6. The van der Waals surface area contributed by atoms with E-state index in [1.165, 1.54) is 6.08 Å². The molecule has 2 N–H and O–H groups in total. The third-order valence-corrected chi connectivity index (χ3v) is 6.99. The molecule has 4 heterocycles. The maximum atomic E-state index is 13.0. The van der Waals surface area contributed by atoms with Crippen LogP contribution in [0.2, 0.25) is 0 Å². The number of furan rings is 1. The van der Waals surface area contributed by atoms with Crippen molar-refractivity contribution in [3.63, 3.8) is 0 Å². The van der Waals surface area contributed by atoms with Crippen molar-refractivity contribution in [3.05, 3.63) is 83.5 Å². The zero-order valence-corrected chi connectivity index (χ0v) is 25.3. The molecule has 44 heavy (non-hydrogen) atoms. The first-order valence-corrected chi connectivity index (χ1v) is 14.3. The van der Waals surface area contributed by atoms with Crippen molar-refractivity contribution in [1.82, 2.24) is 20.2 Å². The fraction of sp³-hybridized carbons (Fsp3) is 0.303. The van der Waals surface area contributed by atoms with Gasteiger partial charge in [0.05, 0.1) is 12.7 Å². The van der Waals surface area contributed by atoms with Crippen LogP contribution in [0.3, 0.4) is 0 Å². The van der Waals surface area contributed by atoms with Gasteiger partial charge in [0.1, 0.15) is 40.3 Å². The Hall–Kier alpha value is -5.19. The molecule has 1 aromatic carbocycles. The highest BCUT2D eigenvalue weighted by atomic mass is 16.6. The van der Waals surface area contributed by atoms with Crippen LogP contribution in [0.5, 0.6) is 11.5 Å². The van der Waals surface area contributed by atoms with E-state index in [-0.39, 0.29) is 18.4 Å². The lowest BCUT2D eigenvalue weighted by atomic mass is 10.1. The van der Waals surface area contributed by atoms with Crippen molar-refractivity contribution in [2.45, 2.75) is 58.7 Å². The number of carbonyl (C=O) groups excluding carboxylic acids is 3. The number of hydrogen-bond donors (Lipinski definition) is 2. The van der Waals surface area contributed by atoms with E-state index in [9.17, 15) is 14.4 Å². The molecule has 5 rings (SSSR count). The van der Waals surface area contributed by atoms with Gasteiger partial charge < -0.3 is 29.4 Å². The number of likely N-dealkylation sites (N-methyl/N-ethyl adjacent to an activating group) is 1. The molecule has 1 atom stereocenters. The normalized spacial score (nSPS) is 14.9. The zero-order valence-electron chi connectivity index (χ0n) is 25.3. The van der Waals surface area contributed by atoms with Gasteiger partial charge in [-0.3, -0.25) is 14.6 Å². The number of alkyl carbamates (subject to hydrolysis) is 1. The van der Waals surface area contributed by atoms with Crippen molar-refractivity contribution < 1.29 is 28.3 Å². The molecule has 0 unspecified atom stereocenters. The molecule has 0 spiro atoms. The first kappa shape index (κ1) is 30.3. The van der Waals surface area contributed by atoms with Crippen molar-refractivity contribution in [2.75, 3.05) is 12.4 Å². The van der Waals surface area contributed by atoms with Crippen molar-refractivity contribution >= 4 is 40.8 Å². The van der Waals surface area contributed by atoms with E-state index in [2.05, 4.69) is 20.6 Å². The van der Waals surface area contributed by atoms with Crippen LogP contribution in [-0.2, 0) is 27.3 Å². The number of ether oxygens (including phenoxy) is 2. The van der Waals surface area contributed by atoms with Crippen molar-refractivity contribution in [2.24, 2.45) is 0 Å². The number of hydrogen-bond acceptors (Lipinski definition) is 8. The summed E-state index contributed by atoms with van der Waals surface area (Å²) in [6.07, 6.45) is 8.30. The minimum atomic E-state index is -0.754. The summed E-state index contributed by atoms with van der Waals surface area (Å²) in [5, 5.41) is 6.31. The number of benzene rings is 1. The van der Waals surface area contributed by atoms with Crippen LogP contribution in [-0.4, -0.2) is 51.5 Å². The molecule has 0 fully saturated rings. The summed E-state index contributed by atoms with van der Waals surface area (Å²) in [7, 11) is 1.71. The lowest BCUT2D eigenvalue weighted by Gasteiger charge is -2.22. The maximum absolute atomic E-state index is 13.0. The topological polar surface area (TPSA) is 136 Å². The largest absolute Gasteiger partial charge is 0.459 e. The highest BCUT2D eigenvalue weighted by molar-refractivity contribution is 5.97. The molecule has 0 radical (unpaired) electrons. The molecule has 1 aliphatic heterocycles. The van der Waals surface area contributed by atoms with E-state index in [1.54, 1.807) is 57.4 Å². The van der Waals surface area contributed by atoms with Crippen molar-refractivity contribution in [1.29, 1.82) is 0 Å². The molecular weight excluding hydrogens is 562 g/mol. The molecule has 228 valence electrons. The molecule has 0 saturated carbocycles. The van der Waals surface area contributed by atoms with E-state index in [0.717, 1.165) is 16.5 Å². The molecule has 3 amide bonds. The molecule has 3 aromatic heterocycles. The van der Waals surface area contributed by atoms with Crippen molar-refractivity contribution in [3.8, 4) is 11.5 Å². The van der Waals surface area contributed by atoms with Crippen LogP contribution in [0.4, 0.5) is 10.6 Å². The van der Waals surface area contributed by atoms with Gasteiger partial charge in [0.15, 0.2) is 0 Å². The Kier molecular flexibility index (Phi) is 8.66. The molecule has 0 bridgehead atoms. The average molecular weight is 598 g/mol. The van der Waals surface area contributed by atoms with Crippen LogP contribution < -0.4 is 15.4 Å². The highest BCUT2D eigenvalue weighted by Gasteiger charge is 2.28. The van der Waals surface area contributed by atoms with Gasteiger partial charge in [-0.15, -0.1) is 0 Å². The molecule has 11 nitrogen and oxygen atoms in total. The van der Waals surface area contributed by atoms with Gasteiger partial charge in [0.2, 0.25) is 11.8 Å². The van der Waals surface area contributed by atoms with E-state index in [4.69, 9.17) is 13.9 Å². The number of amides is 3. The predicted molar refractivity (Wildman–Crippen MR) is 165 cm³/mol. The van der Waals surface area contributed by atoms with E-state index >= 15 is 0 Å². The number of pyridine rings is 2. The lowest BCUT2D eigenvalue weighted by molar-refractivity contribution is -0.125. The third kappa shape index (κ3) is 7.41. The summed E-state index contributed by atoms with van der Waals surface area (Å²) in [5.74, 6) is 1.84. The second-order valence-corrected chi connectivity index (χ2v) is 11.6. The van der Waals surface area contributed by atoms with E-state index in [1.807, 2.05) is 43.3 Å². The summed E-state index contributed by atoms with van der Waals surface area (Å²) < 4.78 is 17.2. The van der Waals surface area contributed by atoms with Crippen LogP contribution in [0.25, 0.3) is 17.0 Å². The average Bonchev–Trinajstić information content (AvgIpc) is 3.18. The second kappa shape index (κ2) is 12.6. The maximum Gasteiger partial charge on any atom is 0.408 e. The highest BCUT2D eigenvalue weighted by Crippen LogP contribution is 2.31. The monoisotopic (exact) mass is 597 g/mol. The fourth-order valence-corrected chi connectivity index (χ4v) is 4.74. The van der Waals surface area contributed by atoms with Gasteiger partial charge in [-0.2, -0.15) is 0 Å². The molecule has 0 aliphatic carbocycles. The van der Waals surface area contributed by atoms with Crippen LogP contribution in [0, 0.1) is 6.92 Å². The summed E-state index contributed by atoms with van der Waals surface area (Å²) >= 11 is 0. The molecule has 0 saturated heterocycles. The standard InChI is InChI=1S/C33H35N5O6/c1-20-25-16-23(42-24-7-6-14-34-18-24)10-12-27(25)43-28(20)19-38(5)29(39)13-8-21-15-22-9-11-26(31(40)37-30(22)35-17-21)36-32(41)44-33(2,3)4/h6-8,10,12-18,26H,9,11,19H2,1-5H3,(H,36,41)(H,35,37,40)/b13-8+/t26-/m1/s1. The summed E-state index contributed by atoms with van der Waals surface area (Å²) in [6.45, 7) is 7.51. The van der Waals surface area contributed by atoms with Gasteiger partial charge in [0, 0.05) is 36.5 Å². The summed E-state index contributed by atoms with van der Waals surface area (Å²) in [5.41, 5.74) is 2.48. The first-order chi connectivity index (χ1) is 20.9. The van der Waals surface area contributed by atoms with Gasteiger partial charge in [-0.25, -0.2) is 9.78 Å². The van der Waals surface area contributed by atoms with Gasteiger partial charge in [-0.05, 0) is 94.1 Å². The first-order valence-electron chi connectivity index (χ1n) is 14.3. The second-order valence-electron chi connectivity index (χ2n) is 11.6. The quantitative estimate of drug-likeness (QED) is 0.256. The smallest absolute Gasteiger partial charge is 0.408 e. The Labute approximate surface area is 255 Å². The number of aromatic nitrogens is 2. The molecule has 1 aliphatic rings. The fourth-order valence-electron chi connectivity index (χ4n) is 4.74. The Morgan fingerprint density at radius 3 is 2.75 bits per heavy atom. The van der Waals surface area contributed by atoms with Gasteiger partial charge in [-0.1, -0.05) is 0 Å². The Morgan fingerprint density at radius 1 is 1.18 bits per heavy atom. The number of nitrogens with one attached hydrogen (secondary N) is 2. The summed E-state index contributed by atoms with van der Waals surface area (Å²) in [4.78, 5) is 47.9. The van der Waals surface area contributed by atoms with Crippen LogP contribution in [0.15, 0.2) is 65.5 Å². The number of carbonyl (C=O) groups is 3. The zero-order chi connectivity index (χ0) is 31.4. The Bertz CT molecular complexity index is 1720. The third-order valence-electron chi connectivity index (χ3n) is 6.99. The predicted octanol–water partition coefficient (Wildman–Crippen LogP) is 5.77. The number of nitrogens with zero attached hydrogens (tertiary/aromatic N) is 3. The van der Waals surface area contributed by atoms with Gasteiger partial charge in [0.25, 0.3) is 0 Å². The number of aryl methyl sites for hydroxylation is 2. The molecule has 11 heteroatoms. The Balaban J connectivity index is 1.21. The Morgan fingerprint density at radius 2 is 2.00 bits per heavy atom. The number of fused-ring (bicyclic) bond motifs is 2. The lowest BCUT2D eigenvalue weighted by Crippen LogP contribution is -2.45. The SMILES string of the molecule is Cc1c(CN(C)C(=O)/C=C/c2cnc3c(c2)CC[C@@H](NC(=O)OC(C)(C)C)C(=O)N3)oc2ccc(Oc3cccnc3)cc12. The van der Waals surface area contributed by atoms with Crippen LogP contribution >= 0.6 is 0 Å². The number of rotatable bonds is 7. The van der Waals surface area contributed by atoms with E-state index in [0.29, 0.717) is 47.1 Å². The minimum Gasteiger partial charge on any atom is -0.459 e. The van der Waals surface area contributed by atoms with Gasteiger partial charge >= 0.3 is 6.09 Å². The van der Waals surface area contributed by atoms with Crippen LogP contribution in [0.1, 0.15) is 49.6 Å². The molecule has 4 aromatic rings. The summed E-state index contributed by atoms with van der Waals surface area (Å²) in [6, 6.07) is 10.4. The minimum absolute atomic E-state index is 0.213. The van der Waals surface area contributed by atoms with E-state index < -0.39 is 17.7 Å².